The summed E-state index contributed by atoms with van der Waals surface area (Å²) in [6, 6.07) is 12.2. The van der Waals surface area contributed by atoms with Crippen molar-refractivity contribution in [1.82, 2.24) is 24.1 Å². The van der Waals surface area contributed by atoms with Crippen LogP contribution in [0.25, 0.3) is 17.0 Å². The molecule has 0 amide bonds. The lowest BCUT2D eigenvalue weighted by molar-refractivity contribution is 0.731. The van der Waals surface area contributed by atoms with E-state index in [0.29, 0.717) is 6.54 Å². The van der Waals surface area contributed by atoms with Gasteiger partial charge in [-0.2, -0.15) is 0 Å². The molecule has 0 aliphatic carbocycles. The summed E-state index contributed by atoms with van der Waals surface area (Å²) in [7, 11) is 0. The van der Waals surface area contributed by atoms with Crippen LogP contribution in [0.4, 0.5) is 0 Å². The number of hydrogen-bond donors (Lipinski definition) is 0. The number of allylic oxidation sites excluding steroid dienone is 1. The van der Waals surface area contributed by atoms with Crippen LogP contribution in [0.2, 0.25) is 0 Å². The molecule has 0 atom stereocenters. The maximum Gasteiger partial charge on any atom is 0.192 e. The van der Waals surface area contributed by atoms with E-state index in [9.17, 15) is 0 Å². The van der Waals surface area contributed by atoms with Gasteiger partial charge in [0.15, 0.2) is 11.0 Å². The molecule has 7 heteroatoms. The molecule has 0 aliphatic rings. The molecule has 0 saturated carbocycles. The van der Waals surface area contributed by atoms with E-state index in [1.54, 1.807) is 11.8 Å². The first-order valence-electron chi connectivity index (χ1n) is 8.51. The van der Waals surface area contributed by atoms with E-state index in [4.69, 9.17) is 0 Å². The van der Waals surface area contributed by atoms with Crippen molar-refractivity contribution in [3.8, 4) is 11.4 Å². The molecule has 0 unspecified atom stereocenters. The molecule has 0 bridgehead atoms. The number of hydrogen-bond acceptors (Lipinski definition) is 4. The quantitative estimate of drug-likeness (QED) is 0.308. The molecule has 0 aliphatic heterocycles. The molecule has 0 saturated heterocycles. The first kappa shape index (κ1) is 18.0. The Bertz CT molecular complexity index is 1100. The summed E-state index contributed by atoms with van der Waals surface area (Å²) in [4.78, 5) is 4.68. The highest BCUT2D eigenvalue weighted by atomic mass is 79.9. The van der Waals surface area contributed by atoms with Gasteiger partial charge in [0.1, 0.15) is 5.65 Å². The second kappa shape index (κ2) is 7.70. The maximum absolute atomic E-state index is 4.68. The lowest BCUT2D eigenvalue weighted by Gasteiger charge is -2.07. The van der Waals surface area contributed by atoms with Crippen LogP contribution in [0.1, 0.15) is 11.3 Å². The first-order chi connectivity index (χ1) is 13.1. The number of aromatic nitrogens is 5. The molecule has 5 nitrogen and oxygen atoms in total. The summed E-state index contributed by atoms with van der Waals surface area (Å²) >= 11 is 5.10. The molecule has 0 radical (unpaired) electrons. The number of benzene rings is 1. The van der Waals surface area contributed by atoms with E-state index in [1.807, 2.05) is 36.4 Å². The third kappa shape index (κ3) is 3.84. The highest BCUT2D eigenvalue weighted by Crippen LogP contribution is 2.27. The number of fused-ring (bicyclic) bond motifs is 1. The van der Waals surface area contributed by atoms with Crippen LogP contribution in [-0.4, -0.2) is 24.1 Å². The maximum atomic E-state index is 4.68. The predicted molar refractivity (Wildman–Crippen MR) is 113 cm³/mol. The van der Waals surface area contributed by atoms with Gasteiger partial charge in [-0.1, -0.05) is 52.0 Å². The van der Waals surface area contributed by atoms with Gasteiger partial charge in [-0.25, -0.2) is 4.98 Å². The third-order valence-corrected chi connectivity index (χ3v) is 5.66. The molecule has 27 heavy (non-hydrogen) atoms. The fourth-order valence-electron chi connectivity index (χ4n) is 2.87. The number of thioether (sulfide) groups is 1. The van der Waals surface area contributed by atoms with E-state index < -0.39 is 0 Å². The number of aryl methyl sites for hydroxylation is 1. The molecule has 136 valence electrons. The van der Waals surface area contributed by atoms with Crippen molar-refractivity contribution in [1.29, 1.82) is 0 Å². The molecule has 4 aromatic rings. The van der Waals surface area contributed by atoms with Gasteiger partial charge in [-0.15, -0.1) is 16.8 Å². The van der Waals surface area contributed by atoms with Crippen LogP contribution in [-0.2, 0) is 12.3 Å². The van der Waals surface area contributed by atoms with Gasteiger partial charge in [-0.05, 0) is 30.7 Å². The SMILES string of the molecule is C=CCn1c(SCc2cn3cc(C)ccc3n2)nnc1-c1ccc(Br)cc1. The average Bonchev–Trinajstić information content (AvgIpc) is 3.24. The first-order valence-corrected chi connectivity index (χ1v) is 10.3. The molecule has 4 rings (SSSR count). The Kier molecular flexibility index (Phi) is 5.13. The predicted octanol–water partition coefficient (Wildman–Crippen LogP) is 5.14. The summed E-state index contributed by atoms with van der Waals surface area (Å²) < 4.78 is 5.19. The molecule has 0 N–H and O–H groups in total. The standard InChI is InChI=1S/C20H18BrN5S/c1-3-10-26-19(15-5-7-16(21)8-6-15)23-24-20(26)27-13-17-12-25-11-14(2)4-9-18(25)22-17/h3-9,11-12H,1,10,13H2,2H3. The Morgan fingerprint density at radius 2 is 1.93 bits per heavy atom. The second-order valence-corrected chi connectivity index (χ2v) is 8.06. The van der Waals surface area contributed by atoms with Gasteiger partial charge >= 0.3 is 0 Å². The van der Waals surface area contributed by atoms with E-state index in [-0.39, 0.29) is 0 Å². The lowest BCUT2D eigenvalue weighted by Crippen LogP contribution is -2.00. The van der Waals surface area contributed by atoms with Crippen LogP contribution in [0.5, 0.6) is 0 Å². The fraction of sp³-hybridized carbons (Fsp3) is 0.150. The minimum Gasteiger partial charge on any atom is -0.307 e. The normalized spacial score (nSPS) is 11.2. The van der Waals surface area contributed by atoms with Crippen molar-refractivity contribution in [2.24, 2.45) is 0 Å². The number of nitrogens with zero attached hydrogens (tertiary/aromatic N) is 5. The van der Waals surface area contributed by atoms with Crippen LogP contribution in [0.3, 0.4) is 0 Å². The van der Waals surface area contributed by atoms with E-state index in [0.717, 1.165) is 38.1 Å². The topological polar surface area (TPSA) is 48.0 Å². The van der Waals surface area contributed by atoms with Gasteiger partial charge in [0.05, 0.1) is 5.69 Å². The van der Waals surface area contributed by atoms with Crippen molar-refractivity contribution in [2.45, 2.75) is 24.4 Å². The number of imidazole rings is 1. The number of rotatable bonds is 6. The van der Waals surface area contributed by atoms with Gasteiger partial charge in [0, 0.05) is 34.7 Å². The molecule has 1 aromatic carbocycles. The summed E-state index contributed by atoms with van der Waals surface area (Å²) in [5.41, 5.74) is 4.22. The van der Waals surface area contributed by atoms with Gasteiger partial charge < -0.3 is 4.40 Å². The van der Waals surface area contributed by atoms with Crippen molar-refractivity contribution >= 4 is 33.3 Å². The molecule has 3 aromatic heterocycles. The van der Waals surface area contributed by atoms with E-state index in [2.05, 4.69) is 72.0 Å². The van der Waals surface area contributed by atoms with Gasteiger partial charge in [0.25, 0.3) is 0 Å². The van der Waals surface area contributed by atoms with Crippen LogP contribution >= 0.6 is 27.7 Å². The van der Waals surface area contributed by atoms with Crippen LogP contribution < -0.4 is 0 Å². The lowest BCUT2D eigenvalue weighted by atomic mass is 10.2. The average molecular weight is 440 g/mol. The zero-order valence-electron chi connectivity index (χ0n) is 14.8. The van der Waals surface area contributed by atoms with Crippen molar-refractivity contribution < 1.29 is 0 Å². The molecule has 3 heterocycles. The molecule has 0 spiro atoms. The third-order valence-electron chi connectivity index (χ3n) is 4.13. The Hall–Kier alpha value is -2.38. The Balaban J connectivity index is 1.59. The fourth-order valence-corrected chi connectivity index (χ4v) is 3.96. The highest BCUT2D eigenvalue weighted by molar-refractivity contribution is 9.10. The van der Waals surface area contributed by atoms with Crippen LogP contribution in [0.15, 0.2) is 71.1 Å². The Morgan fingerprint density at radius 1 is 1.11 bits per heavy atom. The Labute approximate surface area is 170 Å². The molecule has 0 fully saturated rings. The smallest absolute Gasteiger partial charge is 0.192 e. The summed E-state index contributed by atoms with van der Waals surface area (Å²) in [5.74, 6) is 1.58. The van der Waals surface area contributed by atoms with Crippen molar-refractivity contribution in [3.05, 3.63) is 77.2 Å². The van der Waals surface area contributed by atoms with E-state index >= 15 is 0 Å². The van der Waals surface area contributed by atoms with Crippen LogP contribution in [0, 0.1) is 6.92 Å². The summed E-state index contributed by atoms with van der Waals surface area (Å²) in [6.45, 7) is 6.61. The Morgan fingerprint density at radius 3 is 2.70 bits per heavy atom. The van der Waals surface area contributed by atoms with Gasteiger partial charge in [-0.3, -0.25) is 4.57 Å². The van der Waals surface area contributed by atoms with Crippen molar-refractivity contribution in [3.63, 3.8) is 0 Å². The minimum absolute atomic E-state index is 0.658. The van der Waals surface area contributed by atoms with Crippen molar-refractivity contribution in [2.75, 3.05) is 0 Å². The van der Waals surface area contributed by atoms with Gasteiger partial charge in [0.2, 0.25) is 0 Å². The molecular formula is C20H18BrN5S. The second-order valence-electron chi connectivity index (χ2n) is 6.21. The molecular weight excluding hydrogens is 422 g/mol. The monoisotopic (exact) mass is 439 g/mol. The minimum atomic E-state index is 0.658. The zero-order valence-corrected chi connectivity index (χ0v) is 17.2. The summed E-state index contributed by atoms with van der Waals surface area (Å²) in [5, 5.41) is 9.67. The zero-order chi connectivity index (χ0) is 18.8. The highest BCUT2D eigenvalue weighted by Gasteiger charge is 2.14. The van der Waals surface area contributed by atoms with E-state index in [1.165, 1.54) is 5.56 Å². The number of pyridine rings is 1. The number of halogens is 1. The largest absolute Gasteiger partial charge is 0.307 e. The summed E-state index contributed by atoms with van der Waals surface area (Å²) in [6.07, 6.45) is 6.02.